The molecule has 7 heteroatoms. The van der Waals surface area contributed by atoms with E-state index in [2.05, 4.69) is 45.6 Å². The number of aliphatic hydroxyl groups excluding tert-OH is 1. The number of benzene rings is 2. The van der Waals surface area contributed by atoms with Crippen LogP contribution in [0.15, 0.2) is 60.3 Å². The molecule has 3 aromatic rings. The zero-order valence-corrected chi connectivity index (χ0v) is 17.6. The van der Waals surface area contributed by atoms with E-state index in [1.165, 1.54) is 22.3 Å². The van der Waals surface area contributed by atoms with Gasteiger partial charge in [0.1, 0.15) is 0 Å². The highest BCUT2D eigenvalue weighted by molar-refractivity contribution is 5.53. The summed E-state index contributed by atoms with van der Waals surface area (Å²) < 4.78 is 13.1. The van der Waals surface area contributed by atoms with Gasteiger partial charge in [0.05, 0.1) is 17.8 Å². The molecule has 4 heterocycles. The number of aliphatic hydroxyl groups is 1. The summed E-state index contributed by atoms with van der Waals surface area (Å²) in [5.74, 6) is 1.56. The topological polar surface area (TPSA) is 72.6 Å². The quantitative estimate of drug-likeness (QED) is 0.647. The Hall–Kier alpha value is -3.16. The molecule has 4 atom stereocenters. The summed E-state index contributed by atoms with van der Waals surface area (Å²) in [6.45, 7) is 2.15. The van der Waals surface area contributed by atoms with Crippen LogP contribution < -0.4 is 9.47 Å². The molecule has 3 aliphatic heterocycles. The van der Waals surface area contributed by atoms with Gasteiger partial charge < -0.3 is 14.6 Å². The fourth-order valence-corrected chi connectivity index (χ4v) is 5.93. The van der Waals surface area contributed by atoms with Crippen molar-refractivity contribution in [2.24, 2.45) is 0 Å². The van der Waals surface area contributed by atoms with Crippen molar-refractivity contribution in [2.75, 3.05) is 13.3 Å². The van der Waals surface area contributed by atoms with Crippen LogP contribution >= 0.6 is 0 Å². The Labute approximate surface area is 185 Å². The lowest BCUT2D eigenvalue weighted by molar-refractivity contribution is 0.0491. The molecule has 32 heavy (non-hydrogen) atoms. The van der Waals surface area contributed by atoms with Crippen molar-refractivity contribution in [3.8, 4) is 11.5 Å². The van der Waals surface area contributed by atoms with E-state index < -0.39 is 6.10 Å². The standard InChI is InChI=1S/C25H24N4O3/c30-25-20(29-13-18(26-27-29)8-15-4-2-1-3-5-15)9-16-6-7-28-12-17-10-21-22(32-14-31-21)11-19(17)23(25)24(16)28/h1-5,9-11,13,20,23-25,30H,6-8,12,14H2/t20?,23-,24?,25+/m0/s1. The van der Waals surface area contributed by atoms with Gasteiger partial charge in [-0.05, 0) is 35.2 Å². The number of ether oxygens (including phenoxy) is 2. The van der Waals surface area contributed by atoms with Gasteiger partial charge in [-0.1, -0.05) is 47.2 Å². The number of aromatic nitrogens is 3. The number of nitrogens with zero attached hydrogens (tertiary/aromatic N) is 4. The van der Waals surface area contributed by atoms with Crippen LogP contribution in [-0.2, 0) is 13.0 Å². The smallest absolute Gasteiger partial charge is 0.231 e. The molecule has 0 amide bonds. The third-order valence-corrected chi connectivity index (χ3v) is 7.36. The lowest BCUT2D eigenvalue weighted by Crippen LogP contribution is -2.48. The normalized spacial score (nSPS) is 27.7. The van der Waals surface area contributed by atoms with Crippen molar-refractivity contribution in [3.05, 3.63) is 82.7 Å². The van der Waals surface area contributed by atoms with Gasteiger partial charge in [-0.25, -0.2) is 4.68 Å². The van der Waals surface area contributed by atoms with Gasteiger partial charge in [0, 0.05) is 37.7 Å². The number of fused-ring (bicyclic) bond motifs is 3. The highest BCUT2D eigenvalue weighted by Gasteiger charge is 2.49. The average molecular weight is 428 g/mol. The largest absolute Gasteiger partial charge is 0.454 e. The zero-order valence-electron chi connectivity index (χ0n) is 17.6. The third kappa shape index (κ3) is 2.74. The monoisotopic (exact) mass is 428 g/mol. The average Bonchev–Trinajstić information content (AvgIpc) is 3.55. The molecule has 0 bridgehead atoms. The highest BCUT2D eigenvalue weighted by Crippen LogP contribution is 2.51. The Morgan fingerprint density at radius 3 is 2.81 bits per heavy atom. The summed E-state index contributed by atoms with van der Waals surface area (Å²) in [5, 5.41) is 20.5. The second-order valence-corrected chi connectivity index (χ2v) is 9.17. The van der Waals surface area contributed by atoms with Gasteiger partial charge in [0.25, 0.3) is 0 Å². The fourth-order valence-electron chi connectivity index (χ4n) is 5.93. The first-order chi connectivity index (χ1) is 15.7. The molecule has 0 spiro atoms. The van der Waals surface area contributed by atoms with Gasteiger partial charge in [-0.15, -0.1) is 5.10 Å². The maximum Gasteiger partial charge on any atom is 0.231 e. The van der Waals surface area contributed by atoms with Gasteiger partial charge in [-0.3, -0.25) is 4.90 Å². The van der Waals surface area contributed by atoms with Crippen LogP contribution in [-0.4, -0.2) is 50.5 Å². The Morgan fingerprint density at radius 1 is 1.09 bits per heavy atom. The molecule has 2 unspecified atom stereocenters. The van der Waals surface area contributed by atoms with E-state index in [0.717, 1.165) is 43.1 Å². The molecule has 4 aliphatic rings. The molecule has 7 nitrogen and oxygen atoms in total. The lowest BCUT2D eigenvalue weighted by atomic mass is 9.72. The zero-order chi connectivity index (χ0) is 21.2. The van der Waals surface area contributed by atoms with Crippen LogP contribution in [0.25, 0.3) is 0 Å². The second kappa shape index (κ2) is 6.92. The van der Waals surface area contributed by atoms with Gasteiger partial charge in [0.15, 0.2) is 11.5 Å². The van der Waals surface area contributed by atoms with Crippen LogP contribution in [0.2, 0.25) is 0 Å². The number of rotatable bonds is 3. The maximum atomic E-state index is 11.6. The molecule has 1 fully saturated rings. The van der Waals surface area contributed by atoms with E-state index in [0.29, 0.717) is 0 Å². The van der Waals surface area contributed by atoms with Crippen molar-refractivity contribution in [1.82, 2.24) is 19.9 Å². The summed E-state index contributed by atoms with van der Waals surface area (Å²) in [5.41, 5.74) is 5.90. The summed E-state index contributed by atoms with van der Waals surface area (Å²) in [7, 11) is 0. The summed E-state index contributed by atoms with van der Waals surface area (Å²) >= 11 is 0. The molecule has 1 aromatic heterocycles. The summed E-state index contributed by atoms with van der Waals surface area (Å²) in [6, 6.07) is 14.5. The molecule has 1 N–H and O–H groups in total. The van der Waals surface area contributed by atoms with Crippen molar-refractivity contribution in [1.29, 1.82) is 0 Å². The van der Waals surface area contributed by atoms with Crippen molar-refractivity contribution in [2.45, 2.75) is 43.5 Å². The highest BCUT2D eigenvalue weighted by atomic mass is 16.7. The first-order valence-corrected chi connectivity index (χ1v) is 11.2. The van der Waals surface area contributed by atoms with Crippen molar-refractivity contribution < 1.29 is 14.6 Å². The Morgan fingerprint density at radius 2 is 1.94 bits per heavy atom. The predicted octanol–water partition coefficient (Wildman–Crippen LogP) is 2.81. The Kier molecular flexibility index (Phi) is 3.98. The molecular formula is C25H24N4O3. The second-order valence-electron chi connectivity index (χ2n) is 9.17. The van der Waals surface area contributed by atoms with E-state index in [1.54, 1.807) is 0 Å². The molecule has 0 saturated carbocycles. The van der Waals surface area contributed by atoms with Crippen LogP contribution in [0.4, 0.5) is 0 Å². The van der Waals surface area contributed by atoms with Crippen molar-refractivity contribution in [3.63, 3.8) is 0 Å². The van der Waals surface area contributed by atoms with E-state index >= 15 is 0 Å². The van der Waals surface area contributed by atoms with E-state index in [-0.39, 0.29) is 24.8 Å². The minimum atomic E-state index is -0.602. The van der Waals surface area contributed by atoms with Gasteiger partial charge in [-0.2, -0.15) is 0 Å². The minimum Gasteiger partial charge on any atom is -0.454 e. The third-order valence-electron chi connectivity index (χ3n) is 7.36. The number of hydrogen-bond donors (Lipinski definition) is 1. The first-order valence-electron chi connectivity index (χ1n) is 11.2. The first kappa shape index (κ1) is 18.4. The molecule has 0 radical (unpaired) electrons. The maximum absolute atomic E-state index is 11.6. The number of hydrogen-bond acceptors (Lipinski definition) is 6. The van der Waals surface area contributed by atoms with Gasteiger partial charge >= 0.3 is 0 Å². The minimum absolute atomic E-state index is 0.0254. The SMILES string of the molecule is O[C@@H]1C(n2cc(Cc3ccccc3)nn2)C=C2CCN3Cc4cc5c(cc4[C@H]1C23)OCO5. The van der Waals surface area contributed by atoms with Crippen LogP contribution in [0, 0.1) is 0 Å². The van der Waals surface area contributed by atoms with E-state index in [4.69, 9.17) is 9.47 Å². The molecule has 2 aromatic carbocycles. The Bertz CT molecular complexity index is 1220. The molecule has 1 aliphatic carbocycles. The van der Waals surface area contributed by atoms with E-state index in [1.807, 2.05) is 29.1 Å². The van der Waals surface area contributed by atoms with Crippen LogP contribution in [0.3, 0.4) is 0 Å². The predicted molar refractivity (Wildman–Crippen MR) is 117 cm³/mol. The molecule has 162 valence electrons. The van der Waals surface area contributed by atoms with Gasteiger partial charge in [0.2, 0.25) is 6.79 Å². The molecule has 7 rings (SSSR count). The van der Waals surface area contributed by atoms with Crippen LogP contribution in [0.5, 0.6) is 11.5 Å². The molecular weight excluding hydrogens is 404 g/mol. The van der Waals surface area contributed by atoms with Crippen LogP contribution in [0.1, 0.15) is 40.8 Å². The van der Waals surface area contributed by atoms with E-state index in [9.17, 15) is 5.11 Å². The van der Waals surface area contributed by atoms with Crippen molar-refractivity contribution >= 4 is 0 Å². The molecule has 1 saturated heterocycles. The Balaban J connectivity index is 1.26. The fraction of sp³-hybridized carbons (Fsp3) is 0.360. The lowest BCUT2D eigenvalue weighted by Gasteiger charge is -2.45. The summed E-state index contributed by atoms with van der Waals surface area (Å²) in [4.78, 5) is 2.49. The summed E-state index contributed by atoms with van der Waals surface area (Å²) in [6.07, 6.45) is 5.36.